The third-order valence-electron chi connectivity index (χ3n) is 3.57. The second-order valence-electron chi connectivity index (χ2n) is 4.71. The minimum atomic E-state index is -0.180. The lowest BCUT2D eigenvalue weighted by molar-refractivity contribution is -0.112. The Morgan fingerprint density at radius 1 is 1.29 bits per heavy atom. The Hall–Kier alpha value is -0.900. The average molecular weight is 235 g/mol. The third-order valence-corrected chi connectivity index (χ3v) is 3.57. The van der Waals surface area contributed by atoms with Gasteiger partial charge in [-0.05, 0) is 18.1 Å². The number of benzene rings is 1. The zero-order chi connectivity index (χ0) is 12.1. The molecule has 2 N–H and O–H groups in total. The fourth-order valence-corrected chi connectivity index (χ4v) is 2.15. The van der Waals surface area contributed by atoms with Crippen molar-refractivity contribution >= 4 is 0 Å². The molecule has 0 saturated carbocycles. The molecule has 0 aliphatic carbocycles. The van der Waals surface area contributed by atoms with Crippen LogP contribution in [0, 0.1) is 6.92 Å². The molecule has 0 bridgehead atoms. The van der Waals surface area contributed by atoms with E-state index >= 15 is 0 Å². The Labute approximate surface area is 103 Å². The van der Waals surface area contributed by atoms with Gasteiger partial charge in [-0.15, -0.1) is 0 Å². The van der Waals surface area contributed by atoms with E-state index in [0.29, 0.717) is 13.2 Å². The van der Waals surface area contributed by atoms with Crippen LogP contribution in [0.25, 0.3) is 0 Å². The standard InChI is InChI=1S/C14H21NO2/c1-12-4-2-3-5-13(12)10-17-14(11-15)6-8-16-9-7-14/h2-5H,6-11,15H2,1H3. The quantitative estimate of drug-likeness (QED) is 0.868. The molecular formula is C14H21NO2. The van der Waals surface area contributed by atoms with Gasteiger partial charge in [0, 0.05) is 32.6 Å². The van der Waals surface area contributed by atoms with Gasteiger partial charge in [0.05, 0.1) is 12.2 Å². The molecule has 1 aromatic carbocycles. The van der Waals surface area contributed by atoms with Crippen molar-refractivity contribution in [1.29, 1.82) is 0 Å². The highest BCUT2D eigenvalue weighted by molar-refractivity contribution is 5.24. The molecule has 0 amide bonds. The average Bonchev–Trinajstić information content (AvgIpc) is 2.39. The molecule has 17 heavy (non-hydrogen) atoms. The molecule has 94 valence electrons. The number of ether oxygens (including phenoxy) is 2. The van der Waals surface area contributed by atoms with Crippen LogP contribution < -0.4 is 5.73 Å². The van der Waals surface area contributed by atoms with E-state index in [-0.39, 0.29) is 5.60 Å². The summed E-state index contributed by atoms with van der Waals surface area (Å²) in [5, 5.41) is 0. The largest absolute Gasteiger partial charge is 0.381 e. The predicted octanol–water partition coefficient (Wildman–Crippen LogP) is 2.02. The van der Waals surface area contributed by atoms with Crippen LogP contribution in [0.2, 0.25) is 0 Å². The Kier molecular flexibility index (Phi) is 4.15. The highest BCUT2D eigenvalue weighted by Gasteiger charge is 2.32. The number of aryl methyl sites for hydroxylation is 1. The van der Waals surface area contributed by atoms with Gasteiger partial charge in [-0.3, -0.25) is 0 Å². The maximum absolute atomic E-state index is 6.08. The summed E-state index contributed by atoms with van der Waals surface area (Å²) in [6.45, 7) is 4.83. The maximum Gasteiger partial charge on any atom is 0.0852 e. The Morgan fingerprint density at radius 3 is 2.65 bits per heavy atom. The van der Waals surface area contributed by atoms with Crippen molar-refractivity contribution < 1.29 is 9.47 Å². The first-order chi connectivity index (χ1) is 8.26. The summed E-state index contributed by atoms with van der Waals surface area (Å²) in [6.07, 6.45) is 1.80. The summed E-state index contributed by atoms with van der Waals surface area (Å²) in [4.78, 5) is 0. The van der Waals surface area contributed by atoms with Crippen LogP contribution in [-0.4, -0.2) is 25.4 Å². The molecule has 0 spiro atoms. The molecule has 1 heterocycles. The molecule has 3 nitrogen and oxygen atoms in total. The first-order valence-electron chi connectivity index (χ1n) is 6.22. The highest BCUT2D eigenvalue weighted by atomic mass is 16.5. The molecule has 1 aromatic rings. The molecule has 0 radical (unpaired) electrons. The van der Waals surface area contributed by atoms with E-state index in [0.717, 1.165) is 26.1 Å². The van der Waals surface area contributed by atoms with Crippen LogP contribution in [0.5, 0.6) is 0 Å². The van der Waals surface area contributed by atoms with Gasteiger partial charge in [0.1, 0.15) is 0 Å². The number of hydrogen-bond donors (Lipinski definition) is 1. The lowest BCUT2D eigenvalue weighted by Gasteiger charge is -2.36. The molecule has 1 fully saturated rings. The van der Waals surface area contributed by atoms with Gasteiger partial charge in [-0.25, -0.2) is 0 Å². The fourth-order valence-electron chi connectivity index (χ4n) is 2.15. The lowest BCUT2D eigenvalue weighted by Crippen LogP contribution is -2.45. The van der Waals surface area contributed by atoms with E-state index in [9.17, 15) is 0 Å². The van der Waals surface area contributed by atoms with Gasteiger partial charge in [0.15, 0.2) is 0 Å². The second-order valence-corrected chi connectivity index (χ2v) is 4.71. The smallest absolute Gasteiger partial charge is 0.0852 e. The van der Waals surface area contributed by atoms with Crippen molar-refractivity contribution in [2.24, 2.45) is 5.73 Å². The highest BCUT2D eigenvalue weighted by Crippen LogP contribution is 2.25. The van der Waals surface area contributed by atoms with Crippen molar-refractivity contribution in [2.75, 3.05) is 19.8 Å². The van der Waals surface area contributed by atoms with E-state index in [1.165, 1.54) is 11.1 Å². The van der Waals surface area contributed by atoms with Gasteiger partial charge >= 0.3 is 0 Å². The fraction of sp³-hybridized carbons (Fsp3) is 0.571. The van der Waals surface area contributed by atoms with Crippen molar-refractivity contribution in [2.45, 2.75) is 32.0 Å². The van der Waals surface area contributed by atoms with Gasteiger partial charge in [0.2, 0.25) is 0 Å². The predicted molar refractivity (Wildman–Crippen MR) is 67.8 cm³/mol. The summed E-state index contributed by atoms with van der Waals surface area (Å²) in [5.74, 6) is 0. The van der Waals surface area contributed by atoms with Crippen molar-refractivity contribution in [3.63, 3.8) is 0 Å². The maximum atomic E-state index is 6.08. The molecule has 2 rings (SSSR count). The Balaban J connectivity index is 1.98. The monoisotopic (exact) mass is 235 g/mol. The molecule has 1 aliphatic heterocycles. The van der Waals surface area contributed by atoms with Gasteiger partial charge in [-0.2, -0.15) is 0 Å². The molecular weight excluding hydrogens is 214 g/mol. The Bertz CT molecular complexity index is 359. The topological polar surface area (TPSA) is 44.5 Å². The molecule has 0 unspecified atom stereocenters. The van der Waals surface area contributed by atoms with E-state index in [4.69, 9.17) is 15.2 Å². The molecule has 0 atom stereocenters. The number of rotatable bonds is 4. The molecule has 0 aromatic heterocycles. The summed E-state index contributed by atoms with van der Waals surface area (Å²) >= 11 is 0. The van der Waals surface area contributed by atoms with Crippen LogP contribution in [0.1, 0.15) is 24.0 Å². The minimum Gasteiger partial charge on any atom is -0.381 e. The zero-order valence-corrected chi connectivity index (χ0v) is 10.4. The van der Waals surface area contributed by atoms with Crippen LogP contribution in [0.3, 0.4) is 0 Å². The minimum absolute atomic E-state index is 0.180. The summed E-state index contributed by atoms with van der Waals surface area (Å²) in [7, 11) is 0. The first kappa shape index (κ1) is 12.6. The van der Waals surface area contributed by atoms with Gasteiger partial charge in [-0.1, -0.05) is 24.3 Å². The summed E-state index contributed by atoms with van der Waals surface area (Å²) in [5.41, 5.74) is 8.19. The summed E-state index contributed by atoms with van der Waals surface area (Å²) < 4.78 is 11.4. The van der Waals surface area contributed by atoms with E-state index < -0.39 is 0 Å². The van der Waals surface area contributed by atoms with Crippen molar-refractivity contribution in [3.05, 3.63) is 35.4 Å². The van der Waals surface area contributed by atoms with Gasteiger partial charge < -0.3 is 15.2 Å². The second kappa shape index (κ2) is 5.63. The van der Waals surface area contributed by atoms with Crippen LogP contribution in [0.4, 0.5) is 0 Å². The summed E-state index contributed by atoms with van der Waals surface area (Å²) in [6, 6.07) is 8.31. The number of hydrogen-bond acceptors (Lipinski definition) is 3. The van der Waals surface area contributed by atoms with Crippen molar-refractivity contribution in [1.82, 2.24) is 0 Å². The SMILES string of the molecule is Cc1ccccc1COC1(CN)CCOCC1. The van der Waals surface area contributed by atoms with Crippen molar-refractivity contribution in [3.8, 4) is 0 Å². The lowest BCUT2D eigenvalue weighted by atomic mass is 9.94. The van der Waals surface area contributed by atoms with E-state index in [1.54, 1.807) is 0 Å². The van der Waals surface area contributed by atoms with Gasteiger partial charge in [0.25, 0.3) is 0 Å². The molecule has 1 saturated heterocycles. The van der Waals surface area contributed by atoms with Crippen LogP contribution in [-0.2, 0) is 16.1 Å². The molecule has 1 aliphatic rings. The first-order valence-corrected chi connectivity index (χ1v) is 6.22. The normalized spacial score (nSPS) is 19.2. The van der Waals surface area contributed by atoms with E-state index in [1.807, 2.05) is 12.1 Å². The Morgan fingerprint density at radius 2 is 2.00 bits per heavy atom. The zero-order valence-electron chi connectivity index (χ0n) is 10.4. The van der Waals surface area contributed by atoms with Crippen LogP contribution >= 0.6 is 0 Å². The number of nitrogens with two attached hydrogens (primary N) is 1. The van der Waals surface area contributed by atoms with E-state index in [2.05, 4.69) is 19.1 Å². The third kappa shape index (κ3) is 3.06. The molecule has 3 heteroatoms. The van der Waals surface area contributed by atoms with Crippen LogP contribution in [0.15, 0.2) is 24.3 Å².